The molecule has 158 valence electrons. The van der Waals surface area contributed by atoms with Crippen LogP contribution in [0.2, 0.25) is 0 Å². The largest absolute Gasteiger partial charge is 0.377 e. The first-order chi connectivity index (χ1) is 14.5. The first kappa shape index (κ1) is 20.8. The van der Waals surface area contributed by atoms with Gasteiger partial charge in [-0.1, -0.05) is 54.6 Å². The van der Waals surface area contributed by atoms with E-state index in [1.54, 1.807) is 6.07 Å². The van der Waals surface area contributed by atoms with Crippen LogP contribution in [0.15, 0.2) is 71.6 Å². The highest BCUT2D eigenvalue weighted by molar-refractivity contribution is 7.89. The van der Waals surface area contributed by atoms with Crippen LogP contribution in [0.3, 0.4) is 0 Å². The Bertz CT molecular complexity index is 1110. The zero-order chi connectivity index (χ0) is 21.1. The van der Waals surface area contributed by atoms with E-state index in [2.05, 4.69) is 21.8 Å². The van der Waals surface area contributed by atoms with E-state index in [-0.39, 0.29) is 6.04 Å². The summed E-state index contributed by atoms with van der Waals surface area (Å²) in [6, 6.07) is 21.5. The van der Waals surface area contributed by atoms with Gasteiger partial charge in [0.25, 0.3) is 0 Å². The van der Waals surface area contributed by atoms with E-state index in [9.17, 15) is 8.42 Å². The predicted octanol–water partition coefficient (Wildman–Crippen LogP) is 4.02. The second-order valence-electron chi connectivity index (χ2n) is 8.04. The Hall–Kier alpha value is -2.41. The molecule has 1 heterocycles. The van der Waals surface area contributed by atoms with Gasteiger partial charge in [-0.05, 0) is 43.6 Å². The molecule has 1 saturated heterocycles. The average Bonchev–Trinajstić information content (AvgIpc) is 3.28. The zero-order valence-corrected chi connectivity index (χ0v) is 18.4. The Balaban J connectivity index is 1.65. The first-order valence-electron chi connectivity index (χ1n) is 10.4. The minimum absolute atomic E-state index is 0.0378. The van der Waals surface area contributed by atoms with Crippen molar-refractivity contribution in [3.8, 4) is 0 Å². The minimum Gasteiger partial charge on any atom is -0.377 e. The Morgan fingerprint density at radius 3 is 2.27 bits per heavy atom. The van der Waals surface area contributed by atoms with Gasteiger partial charge < -0.3 is 4.90 Å². The standard InChI is InChI=1S/C24H29N3O2S/c1-26(2)22-14-8-13-21-20(22)12-9-15-24(21)30(28,29)25-18-23(27-16-6-7-17-27)19-10-4-3-5-11-19/h3-5,8-15,23,25H,6-7,16-18H2,1-2H3. The van der Waals surface area contributed by atoms with Gasteiger partial charge in [0.2, 0.25) is 10.0 Å². The van der Waals surface area contributed by atoms with Crippen molar-refractivity contribution in [2.24, 2.45) is 0 Å². The number of likely N-dealkylation sites (tertiary alicyclic amines) is 1. The summed E-state index contributed by atoms with van der Waals surface area (Å²) in [5, 5.41) is 1.68. The molecule has 30 heavy (non-hydrogen) atoms. The van der Waals surface area contributed by atoms with Gasteiger partial charge in [0.05, 0.1) is 4.90 Å². The summed E-state index contributed by atoms with van der Waals surface area (Å²) >= 11 is 0. The maximum Gasteiger partial charge on any atom is 0.241 e. The highest BCUT2D eigenvalue weighted by Gasteiger charge is 2.26. The maximum atomic E-state index is 13.3. The summed E-state index contributed by atoms with van der Waals surface area (Å²) in [6.07, 6.45) is 2.32. The van der Waals surface area contributed by atoms with Crippen LogP contribution >= 0.6 is 0 Å². The number of fused-ring (bicyclic) bond motifs is 1. The second-order valence-corrected chi connectivity index (χ2v) is 9.78. The Morgan fingerprint density at radius 1 is 0.900 bits per heavy atom. The lowest BCUT2D eigenvalue weighted by Crippen LogP contribution is -2.36. The topological polar surface area (TPSA) is 52.7 Å². The highest BCUT2D eigenvalue weighted by atomic mass is 32.2. The highest BCUT2D eigenvalue weighted by Crippen LogP contribution is 2.31. The van der Waals surface area contributed by atoms with Crippen LogP contribution in [0.1, 0.15) is 24.4 Å². The van der Waals surface area contributed by atoms with Crippen molar-refractivity contribution in [2.75, 3.05) is 38.6 Å². The predicted molar refractivity (Wildman–Crippen MR) is 123 cm³/mol. The fraction of sp³-hybridized carbons (Fsp3) is 0.333. The number of anilines is 1. The lowest BCUT2D eigenvalue weighted by molar-refractivity contribution is 0.246. The first-order valence-corrected chi connectivity index (χ1v) is 11.9. The maximum absolute atomic E-state index is 13.3. The van der Waals surface area contributed by atoms with E-state index in [4.69, 9.17) is 0 Å². The number of hydrogen-bond donors (Lipinski definition) is 1. The molecule has 0 spiro atoms. The SMILES string of the molecule is CN(C)c1cccc2c(S(=O)(=O)NCC(c3ccccc3)N3CCCC3)cccc12. The van der Waals surface area contributed by atoms with Crippen LogP contribution in [0.4, 0.5) is 5.69 Å². The summed E-state index contributed by atoms with van der Waals surface area (Å²) in [5.74, 6) is 0. The van der Waals surface area contributed by atoms with Crippen molar-refractivity contribution >= 4 is 26.5 Å². The lowest BCUT2D eigenvalue weighted by atomic mass is 10.1. The summed E-state index contributed by atoms with van der Waals surface area (Å²) < 4.78 is 29.6. The number of nitrogens with zero attached hydrogens (tertiary/aromatic N) is 2. The molecule has 3 aromatic rings. The summed E-state index contributed by atoms with van der Waals surface area (Å²) in [4.78, 5) is 4.72. The second kappa shape index (κ2) is 8.76. The van der Waals surface area contributed by atoms with Crippen molar-refractivity contribution in [1.82, 2.24) is 9.62 Å². The van der Waals surface area contributed by atoms with Gasteiger partial charge in [-0.15, -0.1) is 0 Å². The third-order valence-electron chi connectivity index (χ3n) is 5.86. The molecule has 0 radical (unpaired) electrons. The summed E-state index contributed by atoms with van der Waals surface area (Å²) in [7, 11) is 0.277. The Labute approximate surface area is 179 Å². The molecule has 0 amide bonds. The molecule has 0 aliphatic carbocycles. The van der Waals surface area contributed by atoms with Crippen molar-refractivity contribution in [1.29, 1.82) is 0 Å². The minimum atomic E-state index is -3.66. The lowest BCUT2D eigenvalue weighted by Gasteiger charge is -2.28. The van der Waals surface area contributed by atoms with Gasteiger partial charge in [0.15, 0.2) is 0 Å². The smallest absolute Gasteiger partial charge is 0.241 e. The molecular weight excluding hydrogens is 394 g/mol. The molecule has 4 rings (SSSR count). The third-order valence-corrected chi connectivity index (χ3v) is 7.34. The molecule has 1 aliphatic heterocycles. The number of hydrogen-bond acceptors (Lipinski definition) is 4. The molecule has 6 heteroatoms. The molecule has 1 unspecified atom stereocenters. The molecule has 5 nitrogen and oxygen atoms in total. The van der Waals surface area contributed by atoms with Gasteiger partial charge in [-0.2, -0.15) is 0 Å². The number of benzene rings is 3. The van der Waals surface area contributed by atoms with Gasteiger partial charge in [0.1, 0.15) is 0 Å². The van der Waals surface area contributed by atoms with E-state index in [1.807, 2.05) is 67.5 Å². The van der Waals surface area contributed by atoms with Crippen molar-refractivity contribution in [3.63, 3.8) is 0 Å². The van der Waals surface area contributed by atoms with E-state index >= 15 is 0 Å². The Morgan fingerprint density at radius 2 is 1.57 bits per heavy atom. The molecule has 0 bridgehead atoms. The van der Waals surface area contributed by atoms with Crippen LogP contribution in [0.5, 0.6) is 0 Å². The number of sulfonamides is 1. The normalized spacial score (nSPS) is 16.1. The molecule has 0 saturated carbocycles. The summed E-state index contributed by atoms with van der Waals surface area (Å²) in [5.41, 5.74) is 2.15. The fourth-order valence-electron chi connectivity index (χ4n) is 4.34. The van der Waals surface area contributed by atoms with E-state index in [0.29, 0.717) is 11.4 Å². The molecule has 1 aliphatic rings. The van der Waals surface area contributed by atoms with Gasteiger partial charge in [-0.25, -0.2) is 13.1 Å². The van der Waals surface area contributed by atoms with Crippen LogP contribution in [0, 0.1) is 0 Å². The molecule has 3 aromatic carbocycles. The molecule has 1 atom stereocenters. The molecule has 0 aromatic heterocycles. The van der Waals surface area contributed by atoms with Gasteiger partial charge in [-0.3, -0.25) is 4.90 Å². The van der Waals surface area contributed by atoms with Crippen molar-refractivity contribution in [2.45, 2.75) is 23.8 Å². The van der Waals surface area contributed by atoms with Gasteiger partial charge in [0, 0.05) is 43.1 Å². The van der Waals surface area contributed by atoms with Crippen LogP contribution in [-0.4, -0.2) is 47.0 Å². The van der Waals surface area contributed by atoms with Gasteiger partial charge >= 0.3 is 0 Å². The van der Waals surface area contributed by atoms with E-state index in [1.165, 1.54) is 0 Å². The monoisotopic (exact) mass is 423 g/mol. The third kappa shape index (κ3) is 4.21. The van der Waals surface area contributed by atoms with Crippen molar-refractivity contribution in [3.05, 3.63) is 72.3 Å². The zero-order valence-electron chi connectivity index (χ0n) is 17.6. The van der Waals surface area contributed by atoms with Crippen LogP contribution in [-0.2, 0) is 10.0 Å². The van der Waals surface area contributed by atoms with E-state index in [0.717, 1.165) is 48.0 Å². The van der Waals surface area contributed by atoms with Crippen LogP contribution in [0.25, 0.3) is 10.8 Å². The van der Waals surface area contributed by atoms with Crippen LogP contribution < -0.4 is 9.62 Å². The molecule has 1 fully saturated rings. The molecular formula is C24H29N3O2S. The number of rotatable bonds is 7. The van der Waals surface area contributed by atoms with Crippen molar-refractivity contribution < 1.29 is 8.42 Å². The molecule has 1 N–H and O–H groups in total. The Kier molecular flexibility index (Phi) is 6.09. The summed E-state index contributed by atoms with van der Waals surface area (Å²) in [6.45, 7) is 2.36. The van der Waals surface area contributed by atoms with E-state index < -0.39 is 10.0 Å². The average molecular weight is 424 g/mol. The quantitative estimate of drug-likeness (QED) is 0.624. The fourth-order valence-corrected chi connectivity index (χ4v) is 5.60. The number of nitrogens with one attached hydrogen (secondary N) is 1.